The minimum Gasteiger partial charge on any atom is -0.383 e. The maximum absolute atomic E-state index is 4.90. The van der Waals surface area contributed by atoms with Crippen LogP contribution in [0.3, 0.4) is 0 Å². The van der Waals surface area contributed by atoms with Crippen molar-refractivity contribution in [2.24, 2.45) is 0 Å². The monoisotopic (exact) mass is 211 g/mol. The zero-order valence-corrected chi connectivity index (χ0v) is 9.32. The summed E-state index contributed by atoms with van der Waals surface area (Å²) in [5.74, 6) is 1.23. The van der Waals surface area contributed by atoms with Crippen molar-refractivity contribution in [1.82, 2.24) is 15.2 Å². The smallest absolute Gasteiger partial charge is 0.244 e. The van der Waals surface area contributed by atoms with Crippen molar-refractivity contribution in [3.05, 3.63) is 6.20 Å². The van der Waals surface area contributed by atoms with Gasteiger partial charge in [0.15, 0.2) is 5.82 Å². The summed E-state index contributed by atoms with van der Waals surface area (Å²) < 4.78 is 4.90. The van der Waals surface area contributed by atoms with E-state index in [0.717, 1.165) is 5.82 Å². The number of anilines is 2. The lowest BCUT2D eigenvalue weighted by Crippen LogP contribution is -2.15. The first-order valence-corrected chi connectivity index (χ1v) is 4.91. The number of ether oxygens (including phenoxy) is 1. The lowest BCUT2D eigenvalue weighted by molar-refractivity contribution is 0.210. The third-order valence-electron chi connectivity index (χ3n) is 1.58. The van der Waals surface area contributed by atoms with Crippen LogP contribution in [0.5, 0.6) is 0 Å². The number of nitrogens with one attached hydrogen (secondary N) is 2. The second-order valence-electron chi connectivity index (χ2n) is 3.38. The Kier molecular flexibility index (Phi) is 4.76. The number of hydrogen-bond acceptors (Lipinski definition) is 6. The Morgan fingerprint density at radius 1 is 1.47 bits per heavy atom. The number of aromatic nitrogens is 3. The van der Waals surface area contributed by atoms with E-state index in [9.17, 15) is 0 Å². The Morgan fingerprint density at radius 3 is 2.93 bits per heavy atom. The summed E-state index contributed by atoms with van der Waals surface area (Å²) in [6, 6.07) is 0.327. The molecule has 0 unspecified atom stereocenters. The van der Waals surface area contributed by atoms with Gasteiger partial charge in [-0.1, -0.05) is 0 Å². The molecule has 0 spiro atoms. The molecule has 0 fully saturated rings. The molecule has 1 aromatic heterocycles. The van der Waals surface area contributed by atoms with Crippen molar-refractivity contribution in [1.29, 1.82) is 0 Å². The molecule has 0 radical (unpaired) electrons. The molecule has 0 saturated heterocycles. The normalized spacial score (nSPS) is 10.4. The van der Waals surface area contributed by atoms with Crippen molar-refractivity contribution in [3.8, 4) is 0 Å². The van der Waals surface area contributed by atoms with Crippen molar-refractivity contribution in [2.45, 2.75) is 19.9 Å². The number of hydrogen-bond donors (Lipinski definition) is 2. The molecule has 0 aliphatic rings. The van der Waals surface area contributed by atoms with Gasteiger partial charge < -0.3 is 15.4 Å². The largest absolute Gasteiger partial charge is 0.383 e. The van der Waals surface area contributed by atoms with Crippen LogP contribution in [0.4, 0.5) is 11.8 Å². The van der Waals surface area contributed by atoms with Crippen LogP contribution in [-0.4, -0.2) is 41.5 Å². The summed E-state index contributed by atoms with van der Waals surface area (Å²) in [7, 11) is 1.65. The summed E-state index contributed by atoms with van der Waals surface area (Å²) in [6.45, 7) is 5.37. The molecular formula is C9H17N5O. The van der Waals surface area contributed by atoms with E-state index in [4.69, 9.17) is 4.74 Å². The van der Waals surface area contributed by atoms with Gasteiger partial charge in [0.05, 0.1) is 12.8 Å². The van der Waals surface area contributed by atoms with Crippen molar-refractivity contribution >= 4 is 11.8 Å². The predicted octanol–water partition coefficient (Wildman–Crippen LogP) is 0.750. The second kappa shape index (κ2) is 6.13. The van der Waals surface area contributed by atoms with Crippen LogP contribution in [0.25, 0.3) is 0 Å². The fourth-order valence-corrected chi connectivity index (χ4v) is 1.01. The molecule has 1 rings (SSSR count). The third-order valence-corrected chi connectivity index (χ3v) is 1.58. The van der Waals surface area contributed by atoms with Gasteiger partial charge in [-0.2, -0.15) is 10.1 Å². The Bertz CT molecular complexity index is 292. The zero-order chi connectivity index (χ0) is 11.1. The van der Waals surface area contributed by atoms with Gasteiger partial charge in [0.2, 0.25) is 5.95 Å². The number of nitrogens with zero attached hydrogens (tertiary/aromatic N) is 3. The van der Waals surface area contributed by atoms with Crippen LogP contribution < -0.4 is 10.6 Å². The minimum absolute atomic E-state index is 0.327. The van der Waals surface area contributed by atoms with Gasteiger partial charge in [-0.3, -0.25) is 0 Å². The van der Waals surface area contributed by atoms with Crippen molar-refractivity contribution in [2.75, 3.05) is 30.9 Å². The molecule has 0 atom stereocenters. The first kappa shape index (κ1) is 11.6. The molecule has 1 aromatic rings. The van der Waals surface area contributed by atoms with Crippen LogP contribution in [0.1, 0.15) is 13.8 Å². The van der Waals surface area contributed by atoms with Crippen LogP contribution in [-0.2, 0) is 4.74 Å². The maximum Gasteiger partial charge on any atom is 0.244 e. The molecule has 84 valence electrons. The highest BCUT2D eigenvalue weighted by Crippen LogP contribution is 2.04. The Hall–Kier alpha value is -1.43. The van der Waals surface area contributed by atoms with Gasteiger partial charge in [0.25, 0.3) is 0 Å². The zero-order valence-electron chi connectivity index (χ0n) is 9.32. The highest BCUT2D eigenvalue weighted by molar-refractivity contribution is 5.37. The van der Waals surface area contributed by atoms with Gasteiger partial charge in [-0.25, -0.2) is 0 Å². The molecule has 6 nitrogen and oxygen atoms in total. The van der Waals surface area contributed by atoms with Crippen LogP contribution in [0, 0.1) is 0 Å². The number of rotatable bonds is 6. The second-order valence-corrected chi connectivity index (χ2v) is 3.38. The first-order valence-electron chi connectivity index (χ1n) is 4.91. The molecule has 0 aromatic carbocycles. The quantitative estimate of drug-likeness (QED) is 0.676. The summed E-state index contributed by atoms with van der Waals surface area (Å²) >= 11 is 0. The molecule has 15 heavy (non-hydrogen) atoms. The van der Waals surface area contributed by atoms with E-state index in [2.05, 4.69) is 25.8 Å². The molecular weight excluding hydrogens is 194 g/mol. The highest BCUT2D eigenvalue weighted by atomic mass is 16.5. The third kappa shape index (κ3) is 4.55. The van der Waals surface area contributed by atoms with E-state index >= 15 is 0 Å². The summed E-state index contributed by atoms with van der Waals surface area (Å²) in [4.78, 5) is 4.23. The fraction of sp³-hybridized carbons (Fsp3) is 0.667. The molecule has 0 aliphatic heterocycles. The number of methoxy groups -OCH3 is 1. The SMILES string of the molecule is COCCNc1nncc(NC(C)C)n1. The fourth-order valence-electron chi connectivity index (χ4n) is 1.01. The Morgan fingerprint density at radius 2 is 2.27 bits per heavy atom. The van der Waals surface area contributed by atoms with Crippen LogP contribution in [0.2, 0.25) is 0 Å². The van der Waals surface area contributed by atoms with Crippen molar-refractivity contribution in [3.63, 3.8) is 0 Å². The average Bonchev–Trinajstić information content (AvgIpc) is 2.18. The molecule has 6 heteroatoms. The standard InChI is InChI=1S/C9H17N5O/c1-7(2)12-8-6-11-14-9(13-8)10-4-5-15-3/h6-7H,4-5H2,1-3H3,(H2,10,12,13,14). The lowest BCUT2D eigenvalue weighted by atomic mass is 10.4. The average molecular weight is 211 g/mol. The molecule has 0 bridgehead atoms. The topological polar surface area (TPSA) is 72.0 Å². The van der Waals surface area contributed by atoms with E-state index < -0.39 is 0 Å². The summed E-state index contributed by atoms with van der Waals surface area (Å²) in [5, 5.41) is 13.8. The Balaban J connectivity index is 2.50. The van der Waals surface area contributed by atoms with E-state index in [0.29, 0.717) is 25.1 Å². The summed E-state index contributed by atoms with van der Waals surface area (Å²) in [6.07, 6.45) is 1.60. The van der Waals surface area contributed by atoms with Gasteiger partial charge in [0.1, 0.15) is 0 Å². The lowest BCUT2D eigenvalue weighted by Gasteiger charge is -2.09. The highest BCUT2D eigenvalue weighted by Gasteiger charge is 2.00. The Labute approximate surface area is 89.5 Å². The molecule has 0 aliphatic carbocycles. The maximum atomic E-state index is 4.90. The van der Waals surface area contributed by atoms with E-state index in [1.807, 2.05) is 13.8 Å². The van der Waals surface area contributed by atoms with Gasteiger partial charge >= 0.3 is 0 Å². The van der Waals surface area contributed by atoms with E-state index in [-0.39, 0.29) is 0 Å². The molecule has 0 amide bonds. The van der Waals surface area contributed by atoms with Gasteiger partial charge in [-0.15, -0.1) is 5.10 Å². The molecule has 0 saturated carbocycles. The molecule has 2 N–H and O–H groups in total. The minimum atomic E-state index is 0.327. The predicted molar refractivity (Wildman–Crippen MR) is 59.0 cm³/mol. The van der Waals surface area contributed by atoms with Crippen LogP contribution >= 0.6 is 0 Å². The first-order chi connectivity index (χ1) is 7.22. The molecule has 1 heterocycles. The van der Waals surface area contributed by atoms with Gasteiger partial charge in [-0.05, 0) is 13.8 Å². The van der Waals surface area contributed by atoms with E-state index in [1.165, 1.54) is 0 Å². The van der Waals surface area contributed by atoms with Crippen molar-refractivity contribution < 1.29 is 4.74 Å². The van der Waals surface area contributed by atoms with Crippen LogP contribution in [0.15, 0.2) is 6.20 Å². The summed E-state index contributed by atoms with van der Waals surface area (Å²) in [5.41, 5.74) is 0. The van der Waals surface area contributed by atoms with Gasteiger partial charge in [0, 0.05) is 19.7 Å². The van der Waals surface area contributed by atoms with E-state index in [1.54, 1.807) is 13.3 Å².